The molecule has 0 aliphatic heterocycles. The molecule has 0 aliphatic carbocycles. The van der Waals surface area contributed by atoms with Crippen molar-refractivity contribution in [2.24, 2.45) is 5.73 Å². The zero-order valence-corrected chi connectivity index (χ0v) is 10.4. The van der Waals surface area contributed by atoms with E-state index in [0.29, 0.717) is 36.5 Å². The fourth-order valence-corrected chi connectivity index (χ4v) is 1.77. The van der Waals surface area contributed by atoms with Gasteiger partial charge in [0.15, 0.2) is 0 Å². The highest BCUT2D eigenvalue weighted by atomic mass is 32.1. The summed E-state index contributed by atoms with van der Waals surface area (Å²) in [6.07, 6.45) is 0. The highest BCUT2D eigenvalue weighted by molar-refractivity contribution is 7.71. The fourth-order valence-electron chi connectivity index (χ4n) is 1.47. The molecule has 0 spiro atoms. The van der Waals surface area contributed by atoms with Gasteiger partial charge in [-0.1, -0.05) is 12.2 Å². The van der Waals surface area contributed by atoms with Crippen LogP contribution >= 0.6 is 12.2 Å². The van der Waals surface area contributed by atoms with Crippen LogP contribution in [0.25, 0.3) is 0 Å². The maximum Gasteiger partial charge on any atom is 0.224 e. The van der Waals surface area contributed by atoms with Crippen LogP contribution in [-0.2, 0) is 4.74 Å². The van der Waals surface area contributed by atoms with Gasteiger partial charge in [-0.25, -0.2) is 0 Å². The Labute approximate surface area is 99.9 Å². The van der Waals surface area contributed by atoms with Crippen LogP contribution in [0, 0.1) is 4.51 Å². The molecule has 0 radical (unpaired) electrons. The molecule has 1 aromatic rings. The average Bonchev–Trinajstić information content (AvgIpc) is 2.29. The van der Waals surface area contributed by atoms with Gasteiger partial charge >= 0.3 is 0 Å². The van der Waals surface area contributed by atoms with Gasteiger partial charge in [-0.2, -0.15) is 0 Å². The molecule has 0 heterocycles. The number of ether oxygens (including phenoxy) is 1. The highest BCUT2D eigenvalue weighted by Gasteiger charge is 2.19. The summed E-state index contributed by atoms with van der Waals surface area (Å²) >= 11 is 4.93. The Balaban J connectivity index is 2.53. The van der Waals surface area contributed by atoms with E-state index in [9.17, 15) is 4.79 Å². The summed E-state index contributed by atoms with van der Waals surface area (Å²) in [6.45, 7) is 2.25. The number of nitrogens with one attached hydrogen (secondary N) is 1. The molecule has 0 aliphatic rings. The lowest BCUT2D eigenvalue weighted by atomic mass is 10.2. The maximum atomic E-state index is 11.5. The minimum absolute atomic E-state index is 0.0688. The van der Waals surface area contributed by atoms with Crippen LogP contribution in [-0.4, -0.2) is 40.4 Å². The quantitative estimate of drug-likeness (QED) is 0.523. The lowest BCUT2D eigenvalue weighted by Crippen LogP contribution is -2.32. The van der Waals surface area contributed by atoms with Crippen LogP contribution in [0.1, 0.15) is 0 Å². The molecule has 0 unspecified atom stereocenters. The van der Waals surface area contributed by atoms with Crippen molar-refractivity contribution < 1.29 is 4.74 Å². The van der Waals surface area contributed by atoms with Gasteiger partial charge in [-0.15, -0.1) is 0 Å². The predicted molar refractivity (Wildman–Crippen MR) is 68.6 cm³/mol. The summed E-state index contributed by atoms with van der Waals surface area (Å²) in [7, 11) is 3.60. The van der Waals surface area contributed by atoms with Gasteiger partial charge in [0.2, 0.25) is 5.43 Å². The second-order valence-corrected chi connectivity index (χ2v) is 3.86. The molecule has 0 bridgehead atoms. The summed E-state index contributed by atoms with van der Waals surface area (Å²) in [5.74, 6) is 0. The third kappa shape index (κ3) is 2.58. The summed E-state index contributed by atoms with van der Waals surface area (Å²) < 4.78 is 5.63. The number of rotatable bonds is 7. The van der Waals surface area contributed by atoms with E-state index in [2.05, 4.69) is 5.32 Å². The lowest BCUT2D eigenvalue weighted by molar-refractivity contribution is 0.148. The summed E-state index contributed by atoms with van der Waals surface area (Å²) in [5, 5.41) is 2.93. The van der Waals surface area contributed by atoms with Crippen LogP contribution in [0.4, 0.5) is 11.4 Å². The van der Waals surface area contributed by atoms with Gasteiger partial charge in [0, 0.05) is 27.2 Å². The maximum absolute atomic E-state index is 11.5. The van der Waals surface area contributed by atoms with Crippen molar-refractivity contribution in [2.75, 3.05) is 50.6 Å². The molecule has 0 atom stereocenters. The molecule has 3 N–H and O–H groups in total. The van der Waals surface area contributed by atoms with Crippen LogP contribution in [0.5, 0.6) is 0 Å². The smallest absolute Gasteiger partial charge is 0.224 e. The summed E-state index contributed by atoms with van der Waals surface area (Å²) in [4.78, 5) is 13.4. The van der Waals surface area contributed by atoms with Gasteiger partial charge in [-0.05, 0) is 0 Å². The van der Waals surface area contributed by atoms with E-state index >= 15 is 0 Å². The summed E-state index contributed by atoms with van der Waals surface area (Å²) in [5.41, 5.74) is 6.62. The molecule has 0 saturated carbocycles. The zero-order valence-electron chi connectivity index (χ0n) is 9.58. The van der Waals surface area contributed by atoms with Crippen LogP contribution in [0.15, 0.2) is 4.79 Å². The van der Waals surface area contributed by atoms with Gasteiger partial charge in [0.25, 0.3) is 0 Å². The molecular weight excluding hydrogens is 226 g/mol. The molecule has 1 aromatic carbocycles. The van der Waals surface area contributed by atoms with Crippen LogP contribution in [0.2, 0.25) is 0 Å². The zero-order chi connectivity index (χ0) is 12.1. The first-order chi connectivity index (χ1) is 7.63. The topological polar surface area (TPSA) is 67.6 Å². The third-order valence-electron chi connectivity index (χ3n) is 2.35. The predicted octanol–water partition coefficient (Wildman–Crippen LogP) is 0.105. The number of likely N-dealkylation sites (N-methyl/N-ethyl adjacent to an activating group) is 1. The number of nitrogens with zero attached hydrogens (tertiary/aromatic N) is 1. The monoisotopic (exact) mass is 243 g/mol. The Hall–Kier alpha value is -0.980. The molecule has 5 nitrogen and oxygen atoms in total. The average molecular weight is 243 g/mol. The van der Waals surface area contributed by atoms with Crippen molar-refractivity contribution in [2.45, 2.75) is 0 Å². The van der Waals surface area contributed by atoms with E-state index in [1.165, 1.54) is 0 Å². The number of hydrogen-bond acceptors (Lipinski definition) is 6. The molecular formula is C10H17N3O2S. The highest BCUT2D eigenvalue weighted by Crippen LogP contribution is 2.25. The van der Waals surface area contributed by atoms with Gasteiger partial charge < -0.3 is 20.7 Å². The first-order valence-corrected chi connectivity index (χ1v) is 5.54. The molecule has 0 aromatic heterocycles. The summed E-state index contributed by atoms with van der Waals surface area (Å²) in [6, 6.07) is 0. The van der Waals surface area contributed by atoms with E-state index in [0.717, 1.165) is 5.69 Å². The van der Waals surface area contributed by atoms with Gasteiger partial charge in [-0.3, -0.25) is 4.79 Å². The largest absolute Gasteiger partial charge is 0.385 e. The van der Waals surface area contributed by atoms with Crippen molar-refractivity contribution in [1.82, 2.24) is 0 Å². The third-order valence-corrected chi connectivity index (χ3v) is 2.74. The second kappa shape index (κ2) is 5.93. The Kier molecular flexibility index (Phi) is 4.85. The Morgan fingerprint density at radius 3 is 2.75 bits per heavy atom. The minimum atomic E-state index is -0.0688. The lowest BCUT2D eigenvalue weighted by Gasteiger charge is -2.23. The van der Waals surface area contributed by atoms with Crippen molar-refractivity contribution in [1.29, 1.82) is 0 Å². The van der Waals surface area contributed by atoms with E-state index in [1.54, 1.807) is 7.05 Å². The Bertz CT molecular complexity index is 412. The second-order valence-electron chi connectivity index (χ2n) is 3.45. The Morgan fingerprint density at radius 2 is 2.19 bits per heavy atom. The van der Waals surface area contributed by atoms with Crippen LogP contribution in [0.3, 0.4) is 0 Å². The van der Waals surface area contributed by atoms with E-state index in [4.69, 9.17) is 22.7 Å². The van der Waals surface area contributed by atoms with Crippen molar-refractivity contribution in [3.8, 4) is 0 Å². The van der Waals surface area contributed by atoms with E-state index in [1.807, 2.05) is 11.9 Å². The standard InChI is InChI=1S/C10H17N3O2S/c1-12-7-8(9(14)10(7)16)13(2)4-6-15-5-3-11/h12H,3-6,11H2,1-2H3. The van der Waals surface area contributed by atoms with Crippen molar-refractivity contribution in [3.05, 3.63) is 14.7 Å². The number of nitrogens with two attached hydrogens (primary N) is 1. The van der Waals surface area contributed by atoms with Gasteiger partial charge in [0.1, 0.15) is 10.2 Å². The molecule has 90 valence electrons. The molecule has 16 heavy (non-hydrogen) atoms. The molecule has 1 rings (SSSR count). The first-order valence-electron chi connectivity index (χ1n) is 5.13. The van der Waals surface area contributed by atoms with Crippen LogP contribution < -0.4 is 21.4 Å². The van der Waals surface area contributed by atoms with E-state index in [-0.39, 0.29) is 5.43 Å². The Morgan fingerprint density at radius 1 is 1.50 bits per heavy atom. The molecule has 0 amide bonds. The van der Waals surface area contributed by atoms with Crippen molar-refractivity contribution >= 4 is 23.6 Å². The fraction of sp³-hybridized carbons (Fsp3) is 0.600. The normalized spacial score (nSPS) is 10.7. The SMILES string of the molecule is CNc1c(N(C)CCOCCN)c(=O)c1=S. The number of hydrogen-bond donors (Lipinski definition) is 2. The minimum Gasteiger partial charge on any atom is -0.385 e. The molecule has 0 saturated heterocycles. The van der Waals surface area contributed by atoms with Gasteiger partial charge in [0.05, 0.1) is 18.9 Å². The molecule has 6 heteroatoms. The molecule has 0 fully saturated rings. The van der Waals surface area contributed by atoms with E-state index < -0.39 is 0 Å². The van der Waals surface area contributed by atoms with Crippen molar-refractivity contribution in [3.63, 3.8) is 0 Å². The number of anilines is 2. The first kappa shape index (κ1) is 13.1.